The van der Waals surface area contributed by atoms with Crippen LogP contribution >= 0.6 is 0 Å². The number of benzene rings is 2. The molecule has 0 aliphatic carbocycles. The number of rotatable bonds is 5. The largest absolute Gasteiger partial charge is 0.478 e. The molecule has 3 N–H and O–H groups in total. The van der Waals surface area contributed by atoms with Gasteiger partial charge in [0.15, 0.2) is 0 Å². The topological polar surface area (TPSA) is 69.6 Å². The molecule has 0 bridgehead atoms. The van der Waals surface area contributed by atoms with Crippen LogP contribution in [-0.2, 0) is 13.2 Å². The maximum absolute atomic E-state index is 10.9. The number of aliphatic hydroxyl groups excluding tert-OH is 1. The zero-order chi connectivity index (χ0) is 14.5. The van der Waals surface area contributed by atoms with Gasteiger partial charge in [-0.1, -0.05) is 24.3 Å². The normalized spacial score (nSPS) is 10.3. The van der Waals surface area contributed by atoms with Crippen molar-refractivity contribution in [2.45, 2.75) is 20.1 Å². The molecular weight excluding hydrogens is 254 g/mol. The van der Waals surface area contributed by atoms with E-state index in [1.54, 1.807) is 19.1 Å². The molecule has 2 rings (SSSR count). The molecule has 2 aromatic carbocycles. The van der Waals surface area contributed by atoms with E-state index in [9.17, 15) is 4.79 Å². The van der Waals surface area contributed by atoms with Crippen molar-refractivity contribution in [1.82, 2.24) is 0 Å². The van der Waals surface area contributed by atoms with Gasteiger partial charge in [0.1, 0.15) is 0 Å². The Balaban J connectivity index is 2.03. The molecule has 0 aliphatic heterocycles. The van der Waals surface area contributed by atoms with Gasteiger partial charge in [0.25, 0.3) is 0 Å². The summed E-state index contributed by atoms with van der Waals surface area (Å²) in [6.45, 7) is 2.48. The lowest BCUT2D eigenvalue weighted by atomic mass is 10.1. The average Bonchev–Trinajstić information content (AvgIpc) is 2.45. The average molecular weight is 271 g/mol. The van der Waals surface area contributed by atoms with Gasteiger partial charge in [-0.05, 0) is 41.8 Å². The zero-order valence-corrected chi connectivity index (χ0v) is 11.3. The van der Waals surface area contributed by atoms with E-state index >= 15 is 0 Å². The van der Waals surface area contributed by atoms with Crippen LogP contribution in [0.15, 0.2) is 42.5 Å². The standard InChI is InChI=1S/C16H17NO3/c1-11-8-14(6-7-15(11)16(19)20)17-9-12-2-4-13(10-18)5-3-12/h2-8,17-18H,9-10H2,1H3,(H,19,20). The van der Waals surface area contributed by atoms with E-state index in [4.69, 9.17) is 10.2 Å². The maximum Gasteiger partial charge on any atom is 0.335 e. The summed E-state index contributed by atoms with van der Waals surface area (Å²) in [5.41, 5.74) is 3.93. The molecule has 2 aromatic rings. The molecular formula is C16H17NO3. The molecule has 20 heavy (non-hydrogen) atoms. The highest BCUT2D eigenvalue weighted by Gasteiger charge is 2.06. The highest BCUT2D eigenvalue weighted by Crippen LogP contribution is 2.16. The fourth-order valence-electron chi connectivity index (χ4n) is 1.98. The molecule has 0 aromatic heterocycles. The van der Waals surface area contributed by atoms with Crippen LogP contribution in [0, 0.1) is 6.92 Å². The van der Waals surface area contributed by atoms with E-state index < -0.39 is 5.97 Å². The van der Waals surface area contributed by atoms with Gasteiger partial charge in [0.05, 0.1) is 12.2 Å². The van der Waals surface area contributed by atoms with Gasteiger partial charge < -0.3 is 15.5 Å². The van der Waals surface area contributed by atoms with E-state index in [-0.39, 0.29) is 6.61 Å². The van der Waals surface area contributed by atoms with E-state index in [2.05, 4.69) is 5.32 Å². The minimum absolute atomic E-state index is 0.0452. The van der Waals surface area contributed by atoms with Crippen molar-refractivity contribution in [1.29, 1.82) is 0 Å². The fourth-order valence-corrected chi connectivity index (χ4v) is 1.98. The minimum atomic E-state index is -0.909. The third-order valence-corrected chi connectivity index (χ3v) is 3.16. The fraction of sp³-hybridized carbons (Fsp3) is 0.188. The molecule has 0 amide bonds. The monoisotopic (exact) mass is 271 g/mol. The predicted molar refractivity (Wildman–Crippen MR) is 77.8 cm³/mol. The van der Waals surface area contributed by atoms with Gasteiger partial charge in [-0.3, -0.25) is 0 Å². The number of aromatic carboxylic acids is 1. The molecule has 0 aliphatic rings. The zero-order valence-electron chi connectivity index (χ0n) is 11.3. The summed E-state index contributed by atoms with van der Waals surface area (Å²) in [6, 6.07) is 12.9. The molecule has 0 fully saturated rings. The summed E-state index contributed by atoms with van der Waals surface area (Å²) >= 11 is 0. The number of hydrogen-bond donors (Lipinski definition) is 3. The van der Waals surface area contributed by atoms with Crippen molar-refractivity contribution in [3.05, 3.63) is 64.7 Å². The molecule has 4 heteroatoms. The van der Waals surface area contributed by atoms with E-state index in [1.165, 1.54) is 0 Å². The third-order valence-electron chi connectivity index (χ3n) is 3.16. The minimum Gasteiger partial charge on any atom is -0.478 e. The summed E-state index contributed by atoms with van der Waals surface area (Å²) in [6.07, 6.45) is 0. The van der Waals surface area contributed by atoms with Gasteiger partial charge in [0, 0.05) is 12.2 Å². The number of aliphatic hydroxyl groups is 1. The third kappa shape index (κ3) is 3.36. The molecule has 0 saturated heterocycles. The maximum atomic E-state index is 10.9. The van der Waals surface area contributed by atoms with Crippen molar-refractivity contribution in [3.8, 4) is 0 Å². The van der Waals surface area contributed by atoms with Gasteiger partial charge in [-0.25, -0.2) is 4.79 Å². The number of hydrogen-bond acceptors (Lipinski definition) is 3. The lowest BCUT2D eigenvalue weighted by Crippen LogP contribution is -2.03. The Kier molecular flexibility index (Phi) is 4.38. The first-order valence-corrected chi connectivity index (χ1v) is 6.36. The van der Waals surface area contributed by atoms with Crippen LogP contribution in [-0.4, -0.2) is 16.2 Å². The van der Waals surface area contributed by atoms with Crippen LogP contribution in [0.5, 0.6) is 0 Å². The second kappa shape index (κ2) is 6.21. The first-order chi connectivity index (χ1) is 9.60. The van der Waals surface area contributed by atoms with Crippen molar-refractivity contribution >= 4 is 11.7 Å². The van der Waals surface area contributed by atoms with Crippen LogP contribution in [0.25, 0.3) is 0 Å². The summed E-state index contributed by atoms with van der Waals surface area (Å²) in [5.74, 6) is -0.909. The Morgan fingerprint density at radius 1 is 1.10 bits per heavy atom. The van der Waals surface area contributed by atoms with E-state index in [0.717, 1.165) is 22.4 Å². The highest BCUT2D eigenvalue weighted by molar-refractivity contribution is 5.89. The van der Waals surface area contributed by atoms with Crippen molar-refractivity contribution in [3.63, 3.8) is 0 Å². The van der Waals surface area contributed by atoms with Gasteiger partial charge >= 0.3 is 5.97 Å². The van der Waals surface area contributed by atoms with E-state index in [1.807, 2.05) is 30.3 Å². The Hall–Kier alpha value is -2.33. The molecule has 0 radical (unpaired) electrons. The number of carbonyl (C=O) groups is 1. The Labute approximate surface area is 117 Å². The molecule has 0 saturated carbocycles. The SMILES string of the molecule is Cc1cc(NCc2ccc(CO)cc2)ccc1C(=O)O. The number of nitrogens with one attached hydrogen (secondary N) is 1. The number of carboxylic acid groups (broad SMARTS) is 1. The molecule has 0 spiro atoms. The Bertz CT molecular complexity index is 606. The number of carboxylic acids is 1. The van der Waals surface area contributed by atoms with Gasteiger partial charge in [-0.2, -0.15) is 0 Å². The molecule has 0 atom stereocenters. The van der Waals surface area contributed by atoms with Crippen LogP contribution in [0.2, 0.25) is 0 Å². The molecule has 104 valence electrons. The summed E-state index contributed by atoms with van der Waals surface area (Å²) in [5, 5.41) is 21.2. The summed E-state index contributed by atoms with van der Waals surface area (Å²) < 4.78 is 0. The lowest BCUT2D eigenvalue weighted by molar-refractivity contribution is 0.0696. The highest BCUT2D eigenvalue weighted by atomic mass is 16.4. The van der Waals surface area contributed by atoms with E-state index in [0.29, 0.717) is 12.1 Å². The molecule has 4 nitrogen and oxygen atoms in total. The smallest absolute Gasteiger partial charge is 0.335 e. The summed E-state index contributed by atoms with van der Waals surface area (Å²) in [4.78, 5) is 10.9. The van der Waals surface area contributed by atoms with Crippen molar-refractivity contribution in [2.24, 2.45) is 0 Å². The molecule has 0 heterocycles. The Morgan fingerprint density at radius 3 is 2.30 bits per heavy atom. The van der Waals surface area contributed by atoms with Crippen LogP contribution < -0.4 is 5.32 Å². The first kappa shape index (κ1) is 14.1. The first-order valence-electron chi connectivity index (χ1n) is 6.36. The second-order valence-electron chi connectivity index (χ2n) is 4.66. The van der Waals surface area contributed by atoms with Crippen LogP contribution in [0.1, 0.15) is 27.0 Å². The van der Waals surface area contributed by atoms with Gasteiger partial charge in [0.2, 0.25) is 0 Å². The van der Waals surface area contributed by atoms with Gasteiger partial charge in [-0.15, -0.1) is 0 Å². The Morgan fingerprint density at radius 2 is 1.75 bits per heavy atom. The summed E-state index contributed by atoms with van der Waals surface area (Å²) in [7, 11) is 0. The van der Waals surface area contributed by atoms with Crippen LogP contribution in [0.3, 0.4) is 0 Å². The van der Waals surface area contributed by atoms with Crippen molar-refractivity contribution in [2.75, 3.05) is 5.32 Å². The number of anilines is 1. The lowest BCUT2D eigenvalue weighted by Gasteiger charge is -2.09. The predicted octanol–water partition coefficient (Wildman–Crippen LogP) is 2.80. The number of aryl methyl sites for hydroxylation is 1. The van der Waals surface area contributed by atoms with Crippen LogP contribution in [0.4, 0.5) is 5.69 Å². The second-order valence-corrected chi connectivity index (χ2v) is 4.66. The van der Waals surface area contributed by atoms with Crippen molar-refractivity contribution < 1.29 is 15.0 Å². The molecule has 0 unspecified atom stereocenters. The quantitative estimate of drug-likeness (QED) is 0.782.